The van der Waals surface area contributed by atoms with Crippen molar-refractivity contribution in [3.05, 3.63) is 65.7 Å². The van der Waals surface area contributed by atoms with E-state index in [4.69, 9.17) is 21.4 Å². The Morgan fingerprint density at radius 3 is 2.68 bits per heavy atom. The van der Waals surface area contributed by atoms with E-state index in [1.807, 2.05) is 0 Å². The predicted molar refractivity (Wildman–Crippen MR) is 151 cm³/mol. The Kier molecular flexibility index (Phi) is 5.76. The van der Waals surface area contributed by atoms with Crippen LogP contribution in [0, 0.1) is 5.82 Å². The standard InChI is InChI=1S/C27H26ClFN6O2S/c1-15(2)27(36)33-17-7-8-18(20(29)13-17)24-22(23-25(30)31-14-32-26(23)35(24)3)16-6-9-21(19(28)12-16)34-38(37)10-4-5-11-38/h6-9,12-14H,1,4-5,10-11H2,2-3H3,(H,33,36)(H2,30,31,32)/i3D3. The first-order chi connectivity index (χ1) is 19.3. The number of anilines is 2. The molecule has 3 N–H and O–H groups in total. The van der Waals surface area contributed by atoms with Crippen LogP contribution in [0.25, 0.3) is 33.4 Å². The summed E-state index contributed by atoms with van der Waals surface area (Å²) < 4.78 is 59.1. The smallest absolute Gasteiger partial charge is 0.250 e. The van der Waals surface area contributed by atoms with E-state index in [1.165, 1.54) is 19.1 Å². The van der Waals surface area contributed by atoms with Crippen LogP contribution in [0.2, 0.25) is 5.02 Å². The van der Waals surface area contributed by atoms with Crippen LogP contribution in [-0.4, -0.2) is 36.2 Å². The Morgan fingerprint density at radius 2 is 2.03 bits per heavy atom. The fourth-order valence-corrected chi connectivity index (χ4v) is 6.95. The number of hydrogen-bond acceptors (Lipinski definition) is 6. The topological polar surface area (TPSA) is 115 Å². The maximum Gasteiger partial charge on any atom is 0.250 e. The number of amides is 1. The molecule has 196 valence electrons. The number of carbonyl (C=O) groups is 1. The maximum absolute atomic E-state index is 15.8. The van der Waals surface area contributed by atoms with Crippen molar-refractivity contribution in [1.29, 1.82) is 0 Å². The lowest BCUT2D eigenvalue weighted by Gasteiger charge is -2.12. The normalized spacial score (nSPS) is 16.0. The Hall–Kier alpha value is -3.76. The third-order valence-electron chi connectivity index (χ3n) is 6.33. The highest BCUT2D eigenvalue weighted by Crippen LogP contribution is 2.44. The van der Waals surface area contributed by atoms with Gasteiger partial charge in [-0.05, 0) is 55.7 Å². The van der Waals surface area contributed by atoms with Crippen LogP contribution in [-0.2, 0) is 21.5 Å². The Balaban J connectivity index is 1.78. The van der Waals surface area contributed by atoms with Crippen LogP contribution in [0.1, 0.15) is 23.9 Å². The van der Waals surface area contributed by atoms with Crippen molar-refractivity contribution in [2.24, 2.45) is 11.3 Å². The van der Waals surface area contributed by atoms with Crippen LogP contribution in [0.15, 0.2) is 59.2 Å². The molecular weight excluding hydrogens is 527 g/mol. The summed E-state index contributed by atoms with van der Waals surface area (Å²) in [6.45, 7) is 2.29. The van der Waals surface area contributed by atoms with E-state index in [-0.39, 0.29) is 50.0 Å². The summed E-state index contributed by atoms with van der Waals surface area (Å²) in [6.07, 6.45) is 2.79. The maximum atomic E-state index is 15.8. The minimum Gasteiger partial charge on any atom is -0.383 e. The second kappa shape index (κ2) is 9.85. The summed E-state index contributed by atoms with van der Waals surface area (Å²) >= 11 is 6.61. The fraction of sp³-hybridized carbons (Fsp3) is 0.222. The van der Waals surface area contributed by atoms with Crippen LogP contribution in [0.3, 0.4) is 0 Å². The molecule has 3 heterocycles. The molecule has 0 bridgehead atoms. The molecular formula is C27H26ClFN6O2S. The molecule has 0 saturated carbocycles. The number of nitrogens with zero attached hydrogens (tertiary/aromatic N) is 4. The quantitative estimate of drug-likeness (QED) is 0.289. The van der Waals surface area contributed by atoms with Crippen molar-refractivity contribution in [2.75, 3.05) is 22.6 Å². The second-order valence-corrected chi connectivity index (χ2v) is 12.0. The SMILES string of the molecule is [2H]C([2H])([2H])n1c(-c2ccc(NC(=O)C(=C)C)cc2F)c(-c2ccc(N=S3(=O)CCCC3)c(Cl)c2)c2c(N)ncnc21. The van der Waals surface area contributed by atoms with E-state index in [1.54, 1.807) is 18.2 Å². The molecule has 0 radical (unpaired) electrons. The highest BCUT2D eigenvalue weighted by Gasteiger charge is 2.25. The van der Waals surface area contributed by atoms with Gasteiger partial charge in [0.15, 0.2) is 0 Å². The minimum atomic E-state index is -2.80. The second-order valence-electron chi connectivity index (χ2n) is 9.09. The van der Waals surface area contributed by atoms with Crippen LogP contribution >= 0.6 is 11.6 Å². The summed E-state index contributed by atoms with van der Waals surface area (Å²) in [6, 6.07) is 8.68. The van der Waals surface area contributed by atoms with Gasteiger partial charge in [-0.3, -0.25) is 4.79 Å². The molecule has 0 atom stereocenters. The molecule has 1 aliphatic rings. The number of fused-ring (bicyclic) bond motifs is 1. The van der Waals surface area contributed by atoms with Gasteiger partial charge in [0.1, 0.15) is 23.6 Å². The zero-order valence-electron chi connectivity index (χ0n) is 23.4. The van der Waals surface area contributed by atoms with Gasteiger partial charge in [0, 0.05) is 45.0 Å². The van der Waals surface area contributed by atoms with Gasteiger partial charge >= 0.3 is 0 Å². The molecule has 1 amide bonds. The molecule has 0 unspecified atom stereocenters. The van der Waals surface area contributed by atoms with Crippen LogP contribution in [0.4, 0.5) is 21.6 Å². The summed E-state index contributed by atoms with van der Waals surface area (Å²) in [4.78, 5) is 20.3. The van der Waals surface area contributed by atoms with Gasteiger partial charge in [0.2, 0.25) is 0 Å². The Morgan fingerprint density at radius 1 is 1.26 bits per heavy atom. The monoisotopic (exact) mass is 555 g/mol. The van der Waals surface area contributed by atoms with Crippen molar-refractivity contribution in [3.8, 4) is 22.4 Å². The fourth-order valence-electron chi connectivity index (χ4n) is 4.46. The van der Waals surface area contributed by atoms with E-state index in [0.717, 1.165) is 29.8 Å². The molecule has 5 rings (SSSR count). The van der Waals surface area contributed by atoms with Crippen LogP contribution in [0.5, 0.6) is 0 Å². The number of nitrogens with one attached hydrogen (secondary N) is 1. The molecule has 8 nitrogen and oxygen atoms in total. The number of aryl methyl sites for hydroxylation is 1. The van der Waals surface area contributed by atoms with Crippen molar-refractivity contribution >= 4 is 55.5 Å². The Bertz CT molecular complexity index is 1850. The molecule has 1 fully saturated rings. The molecule has 4 aromatic rings. The van der Waals surface area contributed by atoms with E-state index >= 15 is 4.39 Å². The number of nitrogens with two attached hydrogens (primary N) is 1. The van der Waals surface area contributed by atoms with E-state index < -0.39 is 28.4 Å². The minimum absolute atomic E-state index is 0.0150. The van der Waals surface area contributed by atoms with E-state index in [0.29, 0.717) is 22.8 Å². The average molecular weight is 556 g/mol. The average Bonchev–Trinajstić information content (AvgIpc) is 3.47. The lowest BCUT2D eigenvalue weighted by atomic mass is 9.98. The third kappa shape index (κ3) is 4.65. The number of nitrogen functional groups attached to an aromatic ring is 1. The Labute approximate surface area is 229 Å². The highest BCUT2D eigenvalue weighted by atomic mass is 35.5. The third-order valence-corrected chi connectivity index (χ3v) is 9.01. The van der Waals surface area contributed by atoms with E-state index in [9.17, 15) is 9.00 Å². The van der Waals surface area contributed by atoms with Gasteiger partial charge in [0.05, 0.1) is 31.5 Å². The first-order valence-electron chi connectivity index (χ1n) is 13.2. The number of benzene rings is 2. The predicted octanol–water partition coefficient (Wildman–Crippen LogP) is 6.08. The lowest BCUT2D eigenvalue weighted by molar-refractivity contribution is -0.112. The number of hydrogen-bond donors (Lipinski definition) is 2. The summed E-state index contributed by atoms with van der Waals surface area (Å²) in [7, 11) is -2.40. The van der Waals surface area contributed by atoms with Crippen molar-refractivity contribution in [3.63, 3.8) is 0 Å². The molecule has 38 heavy (non-hydrogen) atoms. The number of aromatic nitrogens is 3. The lowest BCUT2D eigenvalue weighted by Crippen LogP contribution is -2.12. The summed E-state index contributed by atoms with van der Waals surface area (Å²) in [5.74, 6) is -0.314. The van der Waals surface area contributed by atoms with Crippen molar-refractivity contribution in [1.82, 2.24) is 14.5 Å². The molecule has 1 saturated heterocycles. The van der Waals surface area contributed by atoms with Crippen molar-refractivity contribution in [2.45, 2.75) is 19.8 Å². The molecule has 0 aliphatic carbocycles. The van der Waals surface area contributed by atoms with Crippen LogP contribution < -0.4 is 11.1 Å². The van der Waals surface area contributed by atoms with Gasteiger partial charge in [-0.25, -0.2) is 18.6 Å². The number of rotatable bonds is 5. The molecule has 0 spiro atoms. The number of carbonyl (C=O) groups excluding carboxylic acids is 1. The molecule has 11 heteroatoms. The summed E-state index contributed by atoms with van der Waals surface area (Å²) in [5, 5.41) is 2.93. The zero-order chi connectivity index (χ0) is 29.7. The molecule has 1 aliphatic heterocycles. The first kappa shape index (κ1) is 22.2. The molecule has 2 aromatic heterocycles. The number of halogens is 2. The van der Waals surface area contributed by atoms with Gasteiger partial charge < -0.3 is 15.6 Å². The summed E-state index contributed by atoms with van der Waals surface area (Å²) in [5.41, 5.74) is 7.48. The van der Waals surface area contributed by atoms with Gasteiger partial charge in [0.25, 0.3) is 5.91 Å². The molecule has 2 aromatic carbocycles. The largest absolute Gasteiger partial charge is 0.383 e. The van der Waals surface area contributed by atoms with Gasteiger partial charge in [-0.2, -0.15) is 4.36 Å². The van der Waals surface area contributed by atoms with Gasteiger partial charge in [-0.15, -0.1) is 0 Å². The van der Waals surface area contributed by atoms with Gasteiger partial charge in [-0.1, -0.05) is 24.2 Å². The van der Waals surface area contributed by atoms with E-state index in [2.05, 4.69) is 26.2 Å². The highest BCUT2D eigenvalue weighted by molar-refractivity contribution is 7.93. The zero-order valence-corrected chi connectivity index (χ0v) is 22.0. The van der Waals surface area contributed by atoms with Crippen molar-refractivity contribution < 1.29 is 17.5 Å². The first-order valence-corrected chi connectivity index (χ1v) is 14.0.